The van der Waals surface area contributed by atoms with Crippen LogP contribution in [0.25, 0.3) is 0 Å². The van der Waals surface area contributed by atoms with Crippen LogP contribution in [0, 0.1) is 11.3 Å². The van der Waals surface area contributed by atoms with Crippen LogP contribution in [0.15, 0.2) is 35.9 Å². The molecule has 8 nitrogen and oxygen atoms in total. The molecule has 0 radical (unpaired) electrons. The Morgan fingerprint density at radius 2 is 1.57 bits per heavy atom. The van der Waals surface area contributed by atoms with Crippen LogP contribution >= 0.6 is 0 Å². The molecule has 0 aliphatic carbocycles. The third-order valence-electron chi connectivity index (χ3n) is 6.51. The highest BCUT2D eigenvalue weighted by Gasteiger charge is 2.42. The Hall–Kier alpha value is -2.87. The molecule has 1 aromatic carbocycles. The maximum absolute atomic E-state index is 13.7. The molecule has 0 heterocycles. The van der Waals surface area contributed by atoms with Crippen molar-refractivity contribution in [3.8, 4) is 5.75 Å². The number of hydrogen-bond donors (Lipinski definition) is 4. The van der Waals surface area contributed by atoms with Gasteiger partial charge < -0.3 is 25.7 Å². The second kappa shape index (κ2) is 11.7. The van der Waals surface area contributed by atoms with Gasteiger partial charge in [-0.1, -0.05) is 72.7 Å². The Bertz CT molecular complexity index is 946. The fraction of sp³-hybridized carbons (Fsp3) is 0.593. The number of phenols is 1. The summed E-state index contributed by atoms with van der Waals surface area (Å²) in [5.41, 5.74) is -0.645. The largest absolute Gasteiger partial charge is 0.508 e. The lowest BCUT2D eigenvalue weighted by molar-refractivity contribution is -0.141. The van der Waals surface area contributed by atoms with Gasteiger partial charge in [-0.3, -0.25) is 9.59 Å². The van der Waals surface area contributed by atoms with E-state index in [2.05, 4.69) is 10.6 Å². The van der Waals surface area contributed by atoms with Gasteiger partial charge in [0, 0.05) is 23.6 Å². The van der Waals surface area contributed by atoms with E-state index in [0.29, 0.717) is 5.56 Å². The summed E-state index contributed by atoms with van der Waals surface area (Å²) in [5.74, 6) is -1.68. The van der Waals surface area contributed by atoms with Crippen molar-refractivity contribution in [2.24, 2.45) is 11.3 Å². The fourth-order valence-electron chi connectivity index (χ4n) is 4.30. The number of phenolic OH excluding ortho intramolecular Hbond substituents is 1. The predicted octanol–water partition coefficient (Wildman–Crippen LogP) is 3.30. The van der Waals surface area contributed by atoms with Crippen LogP contribution in [0.1, 0.15) is 61.0 Å². The van der Waals surface area contributed by atoms with Crippen molar-refractivity contribution in [1.29, 1.82) is 0 Å². The highest BCUT2D eigenvalue weighted by Crippen LogP contribution is 2.34. The third kappa shape index (κ3) is 7.31. The first-order chi connectivity index (χ1) is 16.0. The first kappa shape index (κ1) is 30.2. The summed E-state index contributed by atoms with van der Waals surface area (Å²) in [7, 11) is 3.30. The molecule has 0 aliphatic rings. The number of carboxylic acids is 1. The number of hydrogen-bond acceptors (Lipinski definition) is 5. The molecule has 196 valence electrons. The van der Waals surface area contributed by atoms with Gasteiger partial charge >= 0.3 is 5.97 Å². The Morgan fingerprint density at radius 1 is 1.03 bits per heavy atom. The topological polar surface area (TPSA) is 119 Å². The first-order valence-corrected chi connectivity index (χ1v) is 11.9. The number of amides is 2. The van der Waals surface area contributed by atoms with Gasteiger partial charge in [-0.25, -0.2) is 4.79 Å². The maximum Gasteiger partial charge on any atom is 0.331 e. The number of benzene rings is 1. The van der Waals surface area contributed by atoms with Gasteiger partial charge in [0.25, 0.3) is 0 Å². The molecule has 0 aliphatic heterocycles. The Kier molecular flexibility index (Phi) is 10.1. The zero-order valence-electron chi connectivity index (χ0n) is 22.8. The number of likely N-dealkylation sites (N-methyl/N-ethyl adjacent to an activating group) is 2. The zero-order chi connectivity index (χ0) is 27.3. The van der Waals surface area contributed by atoms with Crippen molar-refractivity contribution >= 4 is 17.8 Å². The van der Waals surface area contributed by atoms with Crippen LogP contribution in [0.3, 0.4) is 0 Å². The minimum atomic E-state index is -1.04. The maximum atomic E-state index is 13.7. The van der Waals surface area contributed by atoms with Crippen molar-refractivity contribution in [2.45, 2.75) is 78.9 Å². The van der Waals surface area contributed by atoms with Crippen LogP contribution in [0.2, 0.25) is 0 Å². The quantitative estimate of drug-likeness (QED) is 0.375. The van der Waals surface area contributed by atoms with Crippen molar-refractivity contribution in [3.63, 3.8) is 0 Å². The molecule has 0 fully saturated rings. The minimum Gasteiger partial charge on any atom is -0.508 e. The lowest BCUT2D eigenvalue weighted by Crippen LogP contribution is -2.61. The van der Waals surface area contributed by atoms with E-state index in [4.69, 9.17) is 0 Å². The summed E-state index contributed by atoms with van der Waals surface area (Å²) < 4.78 is 0. The number of nitrogens with zero attached hydrogens (tertiary/aromatic N) is 1. The number of aliphatic carboxylic acids is 1. The van der Waals surface area contributed by atoms with E-state index in [1.165, 1.54) is 11.8 Å². The van der Waals surface area contributed by atoms with Crippen molar-refractivity contribution in [3.05, 3.63) is 41.5 Å². The second-order valence-corrected chi connectivity index (χ2v) is 11.1. The molecular weight excluding hydrogens is 446 g/mol. The molecule has 0 aromatic heterocycles. The van der Waals surface area contributed by atoms with Crippen molar-refractivity contribution in [1.82, 2.24) is 15.5 Å². The van der Waals surface area contributed by atoms with Gasteiger partial charge in [-0.05, 0) is 31.4 Å². The van der Waals surface area contributed by atoms with Gasteiger partial charge in [-0.15, -0.1) is 0 Å². The summed E-state index contributed by atoms with van der Waals surface area (Å²) in [4.78, 5) is 40.1. The van der Waals surface area contributed by atoms with Crippen LogP contribution < -0.4 is 10.6 Å². The van der Waals surface area contributed by atoms with Gasteiger partial charge in [0.05, 0.1) is 12.1 Å². The number of nitrogens with one attached hydrogen (secondary N) is 2. The highest BCUT2D eigenvalue weighted by atomic mass is 16.4. The predicted molar refractivity (Wildman–Crippen MR) is 138 cm³/mol. The minimum absolute atomic E-state index is 0.0420. The number of carboxylic acid groups (broad SMARTS) is 1. The van der Waals surface area contributed by atoms with E-state index in [1.807, 2.05) is 48.5 Å². The molecule has 4 N–H and O–H groups in total. The van der Waals surface area contributed by atoms with E-state index >= 15 is 0 Å². The first-order valence-electron chi connectivity index (χ1n) is 11.9. The van der Waals surface area contributed by atoms with Crippen LogP contribution in [-0.4, -0.2) is 65.1 Å². The van der Waals surface area contributed by atoms with Crippen LogP contribution in [0.5, 0.6) is 5.75 Å². The van der Waals surface area contributed by atoms with E-state index in [9.17, 15) is 24.6 Å². The summed E-state index contributed by atoms with van der Waals surface area (Å²) >= 11 is 0. The molecule has 0 bridgehead atoms. The number of carbonyl (C=O) groups is 3. The number of carbonyl (C=O) groups excluding carboxylic acids is 2. The lowest BCUT2D eigenvalue weighted by atomic mass is 9.76. The number of para-hydroxylation sites is 1. The Labute approximate surface area is 209 Å². The summed E-state index contributed by atoms with van der Waals surface area (Å²) in [5, 5.41) is 25.7. The molecule has 0 spiro atoms. The van der Waals surface area contributed by atoms with E-state index in [-0.39, 0.29) is 29.1 Å². The Balaban J connectivity index is 3.34. The van der Waals surface area contributed by atoms with Gasteiger partial charge in [0.2, 0.25) is 11.8 Å². The second-order valence-electron chi connectivity index (χ2n) is 11.1. The SMILES string of the molecule is CN[C@H](C(=O)N[C@H](C(=O)N(C)[C@H](/C=C(\C)C(=O)O)C(C)C)C(C)(C)C)C(C)(C)c1ccccc1O. The summed E-state index contributed by atoms with van der Waals surface area (Å²) in [6.45, 7) is 14.7. The van der Waals surface area contributed by atoms with Gasteiger partial charge in [0.15, 0.2) is 0 Å². The average Bonchev–Trinajstić information content (AvgIpc) is 2.73. The number of aromatic hydroxyl groups is 1. The van der Waals surface area contributed by atoms with E-state index in [1.54, 1.807) is 44.4 Å². The van der Waals surface area contributed by atoms with E-state index < -0.39 is 34.9 Å². The summed E-state index contributed by atoms with van der Waals surface area (Å²) in [6.07, 6.45) is 1.57. The molecule has 35 heavy (non-hydrogen) atoms. The molecule has 0 saturated heterocycles. The molecule has 1 rings (SSSR count). The highest BCUT2D eigenvalue weighted by molar-refractivity contribution is 5.91. The smallest absolute Gasteiger partial charge is 0.331 e. The molecular formula is C27H43N3O5. The van der Waals surface area contributed by atoms with E-state index in [0.717, 1.165) is 0 Å². The zero-order valence-corrected chi connectivity index (χ0v) is 22.8. The van der Waals surface area contributed by atoms with Crippen LogP contribution in [-0.2, 0) is 19.8 Å². The third-order valence-corrected chi connectivity index (χ3v) is 6.51. The Morgan fingerprint density at radius 3 is 2.00 bits per heavy atom. The molecule has 0 unspecified atom stereocenters. The molecule has 0 saturated carbocycles. The van der Waals surface area contributed by atoms with Gasteiger partial charge in [0.1, 0.15) is 11.8 Å². The molecule has 2 amide bonds. The average molecular weight is 490 g/mol. The molecule has 1 aromatic rings. The van der Waals surface area contributed by atoms with Crippen molar-refractivity contribution in [2.75, 3.05) is 14.1 Å². The van der Waals surface area contributed by atoms with Gasteiger partial charge in [-0.2, -0.15) is 0 Å². The van der Waals surface area contributed by atoms with Crippen LogP contribution in [0.4, 0.5) is 0 Å². The summed E-state index contributed by atoms with van der Waals surface area (Å²) in [6, 6.07) is 4.81. The fourth-order valence-corrected chi connectivity index (χ4v) is 4.30. The monoisotopic (exact) mass is 489 g/mol. The van der Waals surface area contributed by atoms with Crippen molar-refractivity contribution < 1.29 is 24.6 Å². The molecule has 3 atom stereocenters. The molecule has 8 heteroatoms. The normalized spacial score (nSPS) is 15.3. The number of rotatable bonds is 10. The lowest BCUT2D eigenvalue weighted by Gasteiger charge is -2.40. The standard InChI is InChI=1S/C27H43N3O5/c1-16(2)19(15-17(3)25(34)35)30(10)24(33)22(26(4,5)6)29-23(32)21(28-9)27(7,8)18-13-11-12-14-20(18)31/h11-16,19,21-22,28,31H,1-10H3,(H,29,32)(H,34,35)/b17-15+/t19-,21-,22-/m1/s1.